The van der Waals surface area contributed by atoms with Gasteiger partial charge in [0.1, 0.15) is 0 Å². The maximum absolute atomic E-state index is 7.88. The van der Waals surface area contributed by atoms with Crippen LogP contribution >= 0.6 is 0 Å². The van der Waals surface area contributed by atoms with Gasteiger partial charge in [0.25, 0.3) is 0 Å². The van der Waals surface area contributed by atoms with Crippen molar-refractivity contribution in [2.75, 3.05) is 20.7 Å². The molecular weight excluding hydrogens is 138 g/mol. The summed E-state index contributed by atoms with van der Waals surface area (Å²) >= 11 is 0. The van der Waals surface area contributed by atoms with E-state index in [0.29, 0.717) is 6.61 Å². The molecule has 0 spiro atoms. The van der Waals surface area contributed by atoms with Crippen molar-refractivity contribution >= 4 is 0 Å². The Hall–Kier alpha value is 0.634. The fraction of sp³-hybridized carbons (Fsp3) is 1.00. The molecule has 0 aromatic rings. The molecule has 0 aliphatic heterocycles. The third-order valence-electron chi connectivity index (χ3n) is 0.224. The molecule has 0 saturated carbocycles. The molecule has 0 fully saturated rings. The largest absolute Gasteiger partial charge is 0.668 e. The molecule has 8 heavy (non-hydrogen) atoms. The maximum atomic E-state index is 7.88. The van der Waals surface area contributed by atoms with Gasteiger partial charge in [-0.2, -0.15) is 14.1 Å². The number of aliphatic hydroxyl groups is 1. The van der Waals surface area contributed by atoms with Crippen LogP contribution in [0.2, 0.25) is 0 Å². The van der Waals surface area contributed by atoms with E-state index in [9.17, 15) is 0 Å². The van der Waals surface area contributed by atoms with Gasteiger partial charge in [0.15, 0.2) is 0 Å². The molecule has 0 aliphatic carbocycles. The second-order valence-electron chi connectivity index (χ2n) is 1.17. The number of aliphatic hydroxyl groups excluding tert-OH is 1. The van der Waals surface area contributed by atoms with Crippen LogP contribution in [0, 0.1) is 0 Å². The van der Waals surface area contributed by atoms with Crippen molar-refractivity contribution < 1.29 is 26.8 Å². The van der Waals surface area contributed by atoms with Crippen molar-refractivity contribution in [1.29, 1.82) is 0 Å². The number of nitrogens with zero attached hydrogens (tertiary/aromatic N) is 1. The maximum Gasteiger partial charge on any atom is 0.0428 e. The average molecular weight is 152 g/mol. The molecule has 0 heterocycles. The van der Waals surface area contributed by atoms with E-state index in [-0.39, 0.29) is 21.7 Å². The SMILES string of the molecule is CCCO.C[N-]C.[Ti]. The van der Waals surface area contributed by atoms with Gasteiger partial charge in [-0.3, -0.25) is 0 Å². The molecule has 50 valence electrons. The van der Waals surface area contributed by atoms with Gasteiger partial charge in [-0.15, -0.1) is 0 Å². The Bertz CT molecular complexity index is 19.9. The minimum atomic E-state index is 0. The molecule has 1 N–H and O–H groups in total. The molecule has 0 atom stereocenters. The zero-order valence-electron chi connectivity index (χ0n) is 5.81. The van der Waals surface area contributed by atoms with E-state index in [2.05, 4.69) is 5.32 Å². The molecule has 0 aromatic heterocycles. The van der Waals surface area contributed by atoms with E-state index < -0.39 is 0 Å². The summed E-state index contributed by atoms with van der Waals surface area (Å²) in [6.07, 6.45) is 0.875. The van der Waals surface area contributed by atoms with Crippen molar-refractivity contribution in [3.8, 4) is 0 Å². The predicted octanol–water partition coefficient (Wildman–Crippen LogP) is 1.01. The molecule has 0 aliphatic rings. The zero-order chi connectivity index (χ0) is 6.12. The average Bonchev–Trinajstić information content (AvgIpc) is 1.69. The first kappa shape index (κ1) is 15.9. The van der Waals surface area contributed by atoms with Crippen molar-refractivity contribution in [3.05, 3.63) is 5.32 Å². The molecule has 0 radical (unpaired) electrons. The van der Waals surface area contributed by atoms with Gasteiger partial charge in [0.05, 0.1) is 0 Å². The molecule has 0 bridgehead atoms. The van der Waals surface area contributed by atoms with Crippen LogP contribution in [-0.2, 0) is 21.7 Å². The first-order valence-corrected chi connectivity index (χ1v) is 2.42. The summed E-state index contributed by atoms with van der Waals surface area (Å²) in [6.45, 7) is 2.25. The Morgan fingerprint density at radius 2 is 1.50 bits per heavy atom. The first-order valence-electron chi connectivity index (χ1n) is 2.42. The van der Waals surface area contributed by atoms with Gasteiger partial charge in [-0.25, -0.2) is 0 Å². The fourth-order valence-corrected chi connectivity index (χ4v) is 0. The van der Waals surface area contributed by atoms with Crippen LogP contribution in [-0.4, -0.2) is 25.8 Å². The molecule has 0 aromatic carbocycles. The van der Waals surface area contributed by atoms with E-state index in [4.69, 9.17) is 5.11 Å². The van der Waals surface area contributed by atoms with E-state index in [1.165, 1.54) is 0 Å². The summed E-state index contributed by atoms with van der Waals surface area (Å²) < 4.78 is 0. The number of rotatable bonds is 1. The van der Waals surface area contributed by atoms with Gasteiger partial charge in [-0.05, 0) is 6.42 Å². The van der Waals surface area contributed by atoms with E-state index >= 15 is 0 Å². The topological polar surface area (TPSA) is 34.3 Å². The minimum absolute atomic E-state index is 0. The zero-order valence-corrected chi connectivity index (χ0v) is 7.37. The van der Waals surface area contributed by atoms with E-state index in [1.54, 1.807) is 14.1 Å². The van der Waals surface area contributed by atoms with Crippen LogP contribution in [0.4, 0.5) is 0 Å². The minimum Gasteiger partial charge on any atom is -0.668 e. The Morgan fingerprint density at radius 1 is 1.38 bits per heavy atom. The Labute approximate surface area is 66.6 Å². The van der Waals surface area contributed by atoms with Crippen LogP contribution in [0.15, 0.2) is 0 Å². The van der Waals surface area contributed by atoms with Crippen molar-refractivity contribution in [1.82, 2.24) is 0 Å². The standard InChI is InChI=1S/C3H8O.C2H6N.Ti/c1-2-3-4;1-3-2;/h4H,2-3H2,1H3;1-2H3;/q;-1;. The van der Waals surface area contributed by atoms with Gasteiger partial charge >= 0.3 is 0 Å². The van der Waals surface area contributed by atoms with Crippen LogP contribution in [0.25, 0.3) is 5.32 Å². The monoisotopic (exact) mass is 152 g/mol. The Balaban J connectivity index is -0.0000000575. The summed E-state index contributed by atoms with van der Waals surface area (Å²) in [5.41, 5.74) is 0. The second kappa shape index (κ2) is 25.4. The molecule has 0 rings (SSSR count). The first-order chi connectivity index (χ1) is 3.33. The smallest absolute Gasteiger partial charge is 0.0428 e. The molecule has 3 heteroatoms. The molecule has 0 amide bonds. The van der Waals surface area contributed by atoms with E-state index in [1.807, 2.05) is 6.92 Å². The van der Waals surface area contributed by atoms with Gasteiger partial charge < -0.3 is 10.4 Å². The summed E-state index contributed by atoms with van der Waals surface area (Å²) in [6, 6.07) is 0. The number of hydrogen-bond donors (Lipinski definition) is 1. The summed E-state index contributed by atoms with van der Waals surface area (Å²) in [7, 11) is 3.50. The summed E-state index contributed by atoms with van der Waals surface area (Å²) in [5.74, 6) is 0. The number of hydrogen-bond acceptors (Lipinski definition) is 1. The molecular formula is C5H14NOTi-. The van der Waals surface area contributed by atoms with Crippen LogP contribution < -0.4 is 0 Å². The van der Waals surface area contributed by atoms with Crippen molar-refractivity contribution in [2.45, 2.75) is 13.3 Å². The Kier molecular flexibility index (Phi) is 50.4. The van der Waals surface area contributed by atoms with Crippen LogP contribution in [0.1, 0.15) is 13.3 Å². The predicted molar refractivity (Wildman–Crippen MR) is 32.6 cm³/mol. The molecule has 2 nitrogen and oxygen atoms in total. The second-order valence-corrected chi connectivity index (χ2v) is 1.17. The normalized spacial score (nSPS) is 6.00. The van der Waals surface area contributed by atoms with E-state index in [0.717, 1.165) is 6.42 Å². The Morgan fingerprint density at radius 3 is 1.50 bits per heavy atom. The third kappa shape index (κ3) is 78.9. The van der Waals surface area contributed by atoms with Crippen molar-refractivity contribution in [3.63, 3.8) is 0 Å². The van der Waals surface area contributed by atoms with Gasteiger partial charge in [0, 0.05) is 28.3 Å². The van der Waals surface area contributed by atoms with Gasteiger partial charge in [-0.1, -0.05) is 6.92 Å². The van der Waals surface area contributed by atoms with Gasteiger partial charge in [0.2, 0.25) is 0 Å². The van der Waals surface area contributed by atoms with Crippen molar-refractivity contribution in [2.24, 2.45) is 0 Å². The quantitative estimate of drug-likeness (QED) is 0.559. The third-order valence-corrected chi connectivity index (χ3v) is 0.224. The summed E-state index contributed by atoms with van der Waals surface area (Å²) in [5, 5.41) is 11.4. The summed E-state index contributed by atoms with van der Waals surface area (Å²) in [4.78, 5) is 0. The molecule has 0 saturated heterocycles. The van der Waals surface area contributed by atoms with Crippen LogP contribution in [0.3, 0.4) is 0 Å². The fourth-order valence-electron chi connectivity index (χ4n) is 0. The van der Waals surface area contributed by atoms with Crippen LogP contribution in [0.5, 0.6) is 0 Å². The molecule has 0 unspecified atom stereocenters.